The molecule has 0 heterocycles. The van der Waals surface area contributed by atoms with E-state index in [-0.39, 0.29) is 5.73 Å². The van der Waals surface area contributed by atoms with Crippen molar-refractivity contribution < 1.29 is 22.9 Å². The lowest BCUT2D eigenvalue weighted by Gasteiger charge is -2.58. The van der Waals surface area contributed by atoms with Gasteiger partial charge >= 0.3 is 8.56 Å². The Hall–Kier alpha value is -0.892. The maximum Gasteiger partial charge on any atom is 0.329 e. The molecule has 2 atom stereocenters. The highest BCUT2D eigenvalue weighted by Gasteiger charge is 2.64. The fourth-order valence-electron chi connectivity index (χ4n) is 5.37. The first-order valence-corrected chi connectivity index (χ1v) is 24.9. The summed E-state index contributed by atoms with van der Waals surface area (Å²) in [5, 5.41) is 1.22. The quantitative estimate of drug-likeness (QED) is 0.270. The van der Waals surface area contributed by atoms with E-state index in [0.29, 0.717) is 0 Å². The standard InChI is InChI=1S/C30H54O5Si4/c1-14-30(7,35-37(10,11)29(5,6)34-38(12,13)32)28(3,4)39(26-21-17-15-18-22-26,27-23-19-16-20-24-27)33-25(2)36(8,9)31/h15-25,31-32H,14H2,1-13H3. The van der Waals surface area contributed by atoms with Crippen LogP contribution in [0.5, 0.6) is 0 Å². The number of hydrogen-bond donors (Lipinski definition) is 2. The highest BCUT2D eigenvalue weighted by Crippen LogP contribution is 2.53. The Balaban J connectivity index is 2.88. The van der Waals surface area contributed by atoms with E-state index in [1.165, 1.54) is 0 Å². The molecule has 0 spiro atoms. The summed E-state index contributed by atoms with van der Waals surface area (Å²) in [5.41, 5.74) is -0.903. The minimum atomic E-state index is -3.12. The van der Waals surface area contributed by atoms with Gasteiger partial charge in [0.25, 0.3) is 8.32 Å². The zero-order valence-electron chi connectivity index (χ0n) is 26.7. The van der Waals surface area contributed by atoms with Crippen LogP contribution in [0, 0.1) is 0 Å². The molecule has 2 rings (SSSR count). The summed E-state index contributed by atoms with van der Waals surface area (Å²) >= 11 is 0. The molecule has 2 aromatic rings. The van der Waals surface area contributed by atoms with Gasteiger partial charge in [0, 0.05) is 5.04 Å². The molecule has 2 unspecified atom stereocenters. The third kappa shape index (κ3) is 7.13. The van der Waals surface area contributed by atoms with E-state index in [2.05, 4.69) is 103 Å². The van der Waals surface area contributed by atoms with Gasteiger partial charge in [-0.1, -0.05) is 81.4 Å². The van der Waals surface area contributed by atoms with Crippen LogP contribution < -0.4 is 10.4 Å². The molecule has 39 heavy (non-hydrogen) atoms. The molecule has 0 aliphatic carbocycles. The molecule has 0 aromatic heterocycles. The largest absolute Gasteiger partial charge is 0.430 e. The molecule has 0 saturated heterocycles. The molecule has 0 aliphatic heterocycles. The summed E-state index contributed by atoms with van der Waals surface area (Å²) in [7, 11) is -11.2. The van der Waals surface area contributed by atoms with Crippen LogP contribution in [-0.4, -0.2) is 59.7 Å². The van der Waals surface area contributed by atoms with Gasteiger partial charge in [0.2, 0.25) is 16.6 Å². The SMILES string of the molecule is CCC(C)(O[Si](C)(C)C(C)(C)O[Si](C)(C)O)C(C)(C)[Si](OC(C)[Si](C)(C)O)(c1ccccc1)c1ccccc1. The molecule has 0 amide bonds. The van der Waals surface area contributed by atoms with E-state index in [0.717, 1.165) is 16.8 Å². The first kappa shape index (κ1) is 34.3. The second-order valence-corrected chi connectivity index (χ2v) is 29.4. The smallest absolute Gasteiger partial charge is 0.329 e. The van der Waals surface area contributed by atoms with E-state index in [4.69, 9.17) is 13.3 Å². The van der Waals surface area contributed by atoms with Crippen molar-refractivity contribution in [1.29, 1.82) is 0 Å². The van der Waals surface area contributed by atoms with Crippen LogP contribution in [0.2, 0.25) is 44.3 Å². The van der Waals surface area contributed by atoms with Gasteiger partial charge in [-0.05, 0) is 83.8 Å². The van der Waals surface area contributed by atoms with E-state index < -0.39 is 49.4 Å². The Labute approximate surface area is 242 Å². The fourth-order valence-corrected chi connectivity index (χ4v) is 17.1. The van der Waals surface area contributed by atoms with E-state index in [1.54, 1.807) is 13.1 Å². The zero-order chi connectivity index (χ0) is 30.1. The molecule has 0 radical (unpaired) electrons. The third-order valence-electron chi connectivity index (χ3n) is 9.02. The maximum atomic E-state index is 11.2. The normalized spacial score (nSPS) is 16.6. The summed E-state index contributed by atoms with van der Waals surface area (Å²) in [6.45, 7) is 27.1. The van der Waals surface area contributed by atoms with Crippen LogP contribution in [-0.2, 0) is 13.3 Å². The van der Waals surface area contributed by atoms with Gasteiger partial charge in [-0.25, -0.2) is 0 Å². The molecular weight excluding hydrogens is 553 g/mol. The molecule has 9 heteroatoms. The molecule has 0 bridgehead atoms. The molecule has 2 aromatic carbocycles. The van der Waals surface area contributed by atoms with Gasteiger partial charge < -0.3 is 22.9 Å². The van der Waals surface area contributed by atoms with Crippen LogP contribution in [0.1, 0.15) is 54.9 Å². The predicted molar refractivity (Wildman–Crippen MR) is 174 cm³/mol. The van der Waals surface area contributed by atoms with Crippen LogP contribution in [0.3, 0.4) is 0 Å². The van der Waals surface area contributed by atoms with E-state index in [1.807, 2.05) is 32.2 Å². The van der Waals surface area contributed by atoms with Crippen molar-refractivity contribution in [3.63, 3.8) is 0 Å². The van der Waals surface area contributed by atoms with Crippen LogP contribution in [0.15, 0.2) is 60.7 Å². The topological polar surface area (TPSA) is 68.2 Å². The molecule has 0 fully saturated rings. The monoisotopic (exact) mass is 606 g/mol. The Kier molecular flexibility index (Phi) is 10.4. The fraction of sp³-hybridized carbons (Fsp3) is 0.600. The number of benzene rings is 2. The van der Waals surface area contributed by atoms with Crippen molar-refractivity contribution in [1.82, 2.24) is 0 Å². The van der Waals surface area contributed by atoms with Gasteiger partial charge in [0.05, 0.1) is 16.6 Å². The first-order valence-electron chi connectivity index (χ1n) is 14.2. The third-order valence-corrected chi connectivity index (χ3v) is 21.8. The number of hydrogen-bond acceptors (Lipinski definition) is 5. The highest BCUT2D eigenvalue weighted by atomic mass is 28.4. The summed E-state index contributed by atoms with van der Waals surface area (Å²) < 4.78 is 21.1. The second kappa shape index (κ2) is 11.8. The summed E-state index contributed by atoms with van der Waals surface area (Å²) in [6.07, 6.45) is 0.762. The van der Waals surface area contributed by atoms with Crippen molar-refractivity contribution >= 4 is 43.9 Å². The molecule has 0 aliphatic rings. The average Bonchev–Trinajstić information content (AvgIpc) is 2.80. The molecule has 5 nitrogen and oxygen atoms in total. The molecule has 0 saturated carbocycles. The lowest BCUT2D eigenvalue weighted by Crippen LogP contribution is -2.75. The minimum Gasteiger partial charge on any atom is -0.430 e. The summed E-state index contributed by atoms with van der Waals surface area (Å²) in [4.78, 5) is 21.9. The first-order chi connectivity index (χ1) is 17.6. The Morgan fingerprint density at radius 2 is 1.13 bits per heavy atom. The van der Waals surface area contributed by atoms with Crippen molar-refractivity contribution in [3.05, 3.63) is 60.7 Å². The van der Waals surface area contributed by atoms with Crippen LogP contribution in [0.25, 0.3) is 0 Å². The zero-order valence-corrected chi connectivity index (χ0v) is 30.7. The van der Waals surface area contributed by atoms with Crippen LogP contribution in [0.4, 0.5) is 0 Å². The lowest BCUT2D eigenvalue weighted by atomic mass is 9.89. The van der Waals surface area contributed by atoms with Crippen LogP contribution >= 0.6 is 0 Å². The van der Waals surface area contributed by atoms with Gasteiger partial charge in [-0.3, -0.25) is 0 Å². The lowest BCUT2D eigenvalue weighted by molar-refractivity contribution is 0.000691. The molecule has 2 N–H and O–H groups in total. The van der Waals surface area contributed by atoms with Crippen molar-refractivity contribution in [2.24, 2.45) is 0 Å². The van der Waals surface area contributed by atoms with Crippen molar-refractivity contribution in [3.8, 4) is 0 Å². The second-order valence-electron chi connectivity index (χ2n) is 13.7. The van der Waals surface area contributed by atoms with Gasteiger partial charge in [-0.15, -0.1) is 0 Å². The van der Waals surface area contributed by atoms with Crippen molar-refractivity contribution in [2.75, 3.05) is 0 Å². The maximum absolute atomic E-state index is 11.2. The molecular formula is C30H54O5Si4. The number of rotatable bonds is 13. The van der Waals surface area contributed by atoms with Gasteiger partial charge in [-0.2, -0.15) is 0 Å². The van der Waals surface area contributed by atoms with Crippen molar-refractivity contribution in [2.45, 2.75) is 116 Å². The van der Waals surface area contributed by atoms with Gasteiger partial charge in [0.15, 0.2) is 0 Å². The highest BCUT2D eigenvalue weighted by molar-refractivity contribution is 7.00. The average molecular weight is 607 g/mol. The van der Waals surface area contributed by atoms with E-state index in [9.17, 15) is 9.59 Å². The van der Waals surface area contributed by atoms with Gasteiger partial charge in [0.1, 0.15) is 0 Å². The Morgan fingerprint density at radius 3 is 1.46 bits per heavy atom. The Morgan fingerprint density at radius 1 is 0.718 bits per heavy atom. The minimum absolute atomic E-state index is 0.295. The summed E-state index contributed by atoms with van der Waals surface area (Å²) in [6, 6.07) is 21.2. The molecule has 220 valence electrons. The van der Waals surface area contributed by atoms with E-state index >= 15 is 0 Å². The Bertz CT molecular complexity index is 1020. The summed E-state index contributed by atoms with van der Waals surface area (Å²) in [5.74, 6) is 0. The predicted octanol–water partition coefficient (Wildman–Crippen LogP) is 6.09.